The molecule has 0 atom stereocenters. The van der Waals surface area contributed by atoms with Gasteiger partial charge < -0.3 is 10.3 Å². The summed E-state index contributed by atoms with van der Waals surface area (Å²) in [6, 6.07) is 8.83. The van der Waals surface area contributed by atoms with Crippen LogP contribution in [0.3, 0.4) is 0 Å². The van der Waals surface area contributed by atoms with Crippen LogP contribution in [0.4, 0.5) is 0 Å². The van der Waals surface area contributed by atoms with Crippen LogP contribution in [0.25, 0.3) is 10.9 Å². The molecule has 0 aliphatic heterocycles. The van der Waals surface area contributed by atoms with Crippen molar-refractivity contribution in [2.24, 2.45) is 12.8 Å². The van der Waals surface area contributed by atoms with Crippen LogP contribution in [0.5, 0.6) is 0 Å². The number of benzene rings is 1. The first-order valence-electron chi connectivity index (χ1n) is 5.81. The number of rotatable bonds is 2. The van der Waals surface area contributed by atoms with Crippen LogP contribution in [0, 0.1) is 0 Å². The second-order valence-corrected chi connectivity index (χ2v) is 5.06. The number of nitrogens with two attached hydrogens (primary N) is 1. The maximum Gasteiger partial charge on any atom is 0.0506 e. The molecule has 2 nitrogen and oxygen atoms in total. The van der Waals surface area contributed by atoms with Crippen molar-refractivity contribution in [2.45, 2.75) is 32.7 Å². The molecule has 0 amide bonds. The molecule has 16 heavy (non-hydrogen) atoms. The highest BCUT2D eigenvalue weighted by atomic mass is 15.0. The number of aromatic nitrogens is 1. The first-order chi connectivity index (χ1) is 7.43. The lowest BCUT2D eigenvalue weighted by Crippen LogP contribution is -2.30. The van der Waals surface area contributed by atoms with Gasteiger partial charge in [-0.25, -0.2) is 0 Å². The van der Waals surface area contributed by atoms with E-state index in [0.717, 1.165) is 6.42 Å². The molecule has 0 saturated carbocycles. The molecule has 2 heteroatoms. The summed E-state index contributed by atoms with van der Waals surface area (Å²) in [7, 11) is 2.08. The monoisotopic (exact) mass is 216 g/mol. The van der Waals surface area contributed by atoms with Crippen molar-refractivity contribution in [1.82, 2.24) is 4.57 Å². The number of aryl methyl sites for hydroxylation is 2. The zero-order chi connectivity index (χ0) is 11.9. The molecule has 1 heterocycles. The Kier molecular flexibility index (Phi) is 2.55. The van der Waals surface area contributed by atoms with Gasteiger partial charge in [-0.2, -0.15) is 0 Å². The molecule has 0 radical (unpaired) electrons. The molecule has 1 aromatic heterocycles. The van der Waals surface area contributed by atoms with Crippen molar-refractivity contribution in [1.29, 1.82) is 0 Å². The van der Waals surface area contributed by atoms with Crippen molar-refractivity contribution in [3.8, 4) is 0 Å². The average molecular weight is 216 g/mol. The summed E-state index contributed by atoms with van der Waals surface area (Å²) in [5, 5.41) is 1.29. The largest absolute Gasteiger partial charge is 0.346 e. The van der Waals surface area contributed by atoms with E-state index in [0.29, 0.717) is 0 Å². The quantitative estimate of drug-likeness (QED) is 0.822. The van der Waals surface area contributed by atoms with E-state index in [-0.39, 0.29) is 5.54 Å². The number of hydrogen-bond acceptors (Lipinski definition) is 1. The fourth-order valence-corrected chi connectivity index (χ4v) is 2.24. The van der Waals surface area contributed by atoms with Gasteiger partial charge in [-0.15, -0.1) is 0 Å². The van der Waals surface area contributed by atoms with Crippen molar-refractivity contribution >= 4 is 10.9 Å². The third kappa shape index (κ3) is 1.74. The van der Waals surface area contributed by atoms with Gasteiger partial charge in [0.25, 0.3) is 0 Å². The van der Waals surface area contributed by atoms with Crippen molar-refractivity contribution in [2.75, 3.05) is 0 Å². The third-order valence-electron chi connectivity index (χ3n) is 3.18. The molecule has 2 N–H and O–H groups in total. The molecular formula is C14H20N2. The summed E-state index contributed by atoms with van der Waals surface area (Å²) in [5.74, 6) is 0. The molecule has 0 saturated heterocycles. The standard InChI is InChI=1S/C14H20N2/c1-5-10-6-7-12-11(8-10)9-13(16(12)4)14(2,3)15/h6-9H,5,15H2,1-4H3. The van der Waals surface area contributed by atoms with Crippen LogP contribution < -0.4 is 5.73 Å². The molecule has 0 aliphatic carbocycles. The summed E-state index contributed by atoms with van der Waals surface area (Å²) in [6.07, 6.45) is 1.08. The SMILES string of the molecule is CCc1ccc2c(c1)cc(C(C)(C)N)n2C. The van der Waals surface area contributed by atoms with Crippen LogP contribution >= 0.6 is 0 Å². The van der Waals surface area contributed by atoms with Gasteiger partial charge >= 0.3 is 0 Å². The summed E-state index contributed by atoms with van der Waals surface area (Å²) < 4.78 is 2.19. The van der Waals surface area contributed by atoms with Gasteiger partial charge in [-0.05, 0) is 44.0 Å². The summed E-state index contributed by atoms with van der Waals surface area (Å²) >= 11 is 0. The van der Waals surface area contributed by atoms with Crippen LogP contribution in [0.1, 0.15) is 32.0 Å². The highest BCUT2D eigenvalue weighted by Crippen LogP contribution is 2.26. The van der Waals surface area contributed by atoms with E-state index in [1.165, 1.54) is 22.2 Å². The van der Waals surface area contributed by atoms with Crippen molar-refractivity contribution in [3.05, 3.63) is 35.5 Å². The number of nitrogens with zero attached hydrogens (tertiary/aromatic N) is 1. The topological polar surface area (TPSA) is 30.9 Å². The first kappa shape index (κ1) is 11.2. The smallest absolute Gasteiger partial charge is 0.0506 e. The molecule has 0 unspecified atom stereocenters. The lowest BCUT2D eigenvalue weighted by molar-refractivity contribution is 0.516. The highest BCUT2D eigenvalue weighted by Gasteiger charge is 2.19. The Labute approximate surface area is 97.1 Å². The molecule has 2 aromatic rings. The summed E-state index contributed by atoms with van der Waals surface area (Å²) in [6.45, 7) is 6.27. The van der Waals surface area contributed by atoms with Gasteiger partial charge in [-0.3, -0.25) is 0 Å². The van der Waals surface area contributed by atoms with E-state index < -0.39 is 0 Å². The van der Waals surface area contributed by atoms with Crippen LogP contribution in [-0.2, 0) is 19.0 Å². The van der Waals surface area contributed by atoms with E-state index in [1.807, 2.05) is 13.8 Å². The Morgan fingerprint density at radius 1 is 1.25 bits per heavy atom. The lowest BCUT2D eigenvalue weighted by atomic mass is 10.0. The molecule has 2 rings (SSSR count). The molecule has 0 aliphatic rings. The van der Waals surface area contributed by atoms with Gasteiger partial charge in [0.1, 0.15) is 0 Å². The van der Waals surface area contributed by atoms with Crippen LogP contribution in [-0.4, -0.2) is 4.57 Å². The molecular weight excluding hydrogens is 196 g/mol. The molecule has 1 aromatic carbocycles. The third-order valence-corrected chi connectivity index (χ3v) is 3.18. The van der Waals surface area contributed by atoms with E-state index in [4.69, 9.17) is 5.73 Å². The fraction of sp³-hybridized carbons (Fsp3) is 0.429. The van der Waals surface area contributed by atoms with E-state index in [2.05, 4.69) is 42.8 Å². The predicted molar refractivity (Wildman–Crippen MR) is 69.5 cm³/mol. The van der Waals surface area contributed by atoms with Gasteiger partial charge in [0.05, 0.1) is 5.54 Å². The number of hydrogen-bond donors (Lipinski definition) is 1. The minimum Gasteiger partial charge on any atom is -0.346 e. The molecule has 0 spiro atoms. The van der Waals surface area contributed by atoms with Crippen molar-refractivity contribution < 1.29 is 0 Å². The van der Waals surface area contributed by atoms with Crippen LogP contribution in [0.15, 0.2) is 24.3 Å². The Bertz CT molecular complexity index is 515. The van der Waals surface area contributed by atoms with Gasteiger partial charge in [0.15, 0.2) is 0 Å². The lowest BCUT2D eigenvalue weighted by Gasteiger charge is -2.19. The first-order valence-corrected chi connectivity index (χ1v) is 5.81. The second-order valence-electron chi connectivity index (χ2n) is 5.06. The van der Waals surface area contributed by atoms with Crippen LogP contribution in [0.2, 0.25) is 0 Å². The van der Waals surface area contributed by atoms with Gasteiger partial charge in [0.2, 0.25) is 0 Å². The zero-order valence-corrected chi connectivity index (χ0v) is 10.5. The average Bonchev–Trinajstić information content (AvgIpc) is 2.55. The Hall–Kier alpha value is -1.28. The van der Waals surface area contributed by atoms with Gasteiger partial charge in [0, 0.05) is 23.6 Å². The Morgan fingerprint density at radius 3 is 2.50 bits per heavy atom. The molecule has 0 fully saturated rings. The fourth-order valence-electron chi connectivity index (χ4n) is 2.24. The maximum atomic E-state index is 6.17. The normalized spacial score (nSPS) is 12.3. The van der Waals surface area contributed by atoms with E-state index in [9.17, 15) is 0 Å². The summed E-state index contributed by atoms with van der Waals surface area (Å²) in [4.78, 5) is 0. The summed E-state index contributed by atoms with van der Waals surface area (Å²) in [5.41, 5.74) is 9.69. The Balaban J connectivity index is 2.68. The zero-order valence-electron chi connectivity index (χ0n) is 10.5. The minimum absolute atomic E-state index is 0.292. The van der Waals surface area contributed by atoms with Gasteiger partial charge in [-0.1, -0.05) is 13.0 Å². The Morgan fingerprint density at radius 2 is 1.94 bits per heavy atom. The second kappa shape index (κ2) is 3.63. The van der Waals surface area contributed by atoms with Crippen molar-refractivity contribution in [3.63, 3.8) is 0 Å². The van der Waals surface area contributed by atoms with E-state index >= 15 is 0 Å². The maximum absolute atomic E-state index is 6.17. The molecule has 0 bridgehead atoms. The predicted octanol–water partition coefficient (Wildman–Crippen LogP) is 2.93. The number of fused-ring (bicyclic) bond motifs is 1. The molecule has 86 valence electrons. The highest BCUT2D eigenvalue weighted by molar-refractivity contribution is 5.82. The minimum atomic E-state index is -0.292. The van der Waals surface area contributed by atoms with E-state index in [1.54, 1.807) is 0 Å².